The van der Waals surface area contributed by atoms with E-state index in [0.717, 1.165) is 82.6 Å². The summed E-state index contributed by atoms with van der Waals surface area (Å²) in [6, 6.07) is 58.5. The third-order valence-corrected chi connectivity index (χ3v) is 11.7. The minimum absolute atomic E-state index is 0.458. The molecule has 0 aliphatic heterocycles. The molecule has 0 N–H and O–H groups in total. The van der Waals surface area contributed by atoms with Gasteiger partial charge < -0.3 is 0 Å². The van der Waals surface area contributed by atoms with Crippen molar-refractivity contribution in [1.29, 1.82) is 21.0 Å². The fourth-order valence-electron chi connectivity index (χ4n) is 9.28. The van der Waals surface area contributed by atoms with Crippen molar-refractivity contribution in [2.45, 2.75) is 0 Å². The smallest absolute Gasteiger partial charge is 0.0998 e. The van der Waals surface area contributed by atoms with Crippen LogP contribution in [0.5, 0.6) is 0 Å². The van der Waals surface area contributed by atoms with Crippen molar-refractivity contribution >= 4 is 32.3 Å². The molecule has 0 fully saturated rings. The van der Waals surface area contributed by atoms with Crippen LogP contribution in [0.1, 0.15) is 22.3 Å². The van der Waals surface area contributed by atoms with Gasteiger partial charge in [0.15, 0.2) is 0 Å². The Balaban J connectivity index is 1.34. The minimum Gasteiger partial charge on any atom is -0.192 e. The first-order chi connectivity index (χ1) is 27.6. The molecule has 56 heavy (non-hydrogen) atoms. The fraction of sp³-hybridized carbons (Fsp3) is 0. The third kappa shape index (κ3) is 4.19. The van der Waals surface area contributed by atoms with Gasteiger partial charge in [-0.2, -0.15) is 21.0 Å². The molecular weight excluding hydrogens is 681 g/mol. The minimum atomic E-state index is 0.458. The highest BCUT2D eigenvalue weighted by atomic mass is 14.4. The van der Waals surface area contributed by atoms with Gasteiger partial charge in [-0.3, -0.25) is 0 Å². The monoisotopic (exact) mass is 704 g/mol. The van der Waals surface area contributed by atoms with Crippen molar-refractivity contribution in [3.63, 3.8) is 0 Å². The zero-order chi connectivity index (χ0) is 37.7. The highest BCUT2D eigenvalue weighted by Crippen LogP contribution is 2.62. The van der Waals surface area contributed by atoms with E-state index in [-0.39, 0.29) is 0 Å². The molecule has 0 bridgehead atoms. The molecule has 2 aliphatic rings. The van der Waals surface area contributed by atoms with Crippen LogP contribution in [0, 0.1) is 45.3 Å². The topological polar surface area (TPSA) is 95.2 Å². The number of hydrogen-bond acceptors (Lipinski definition) is 4. The maximum absolute atomic E-state index is 10.6. The molecule has 0 radical (unpaired) electrons. The van der Waals surface area contributed by atoms with Gasteiger partial charge in [-0.25, -0.2) is 0 Å². The van der Waals surface area contributed by atoms with Crippen LogP contribution in [0.3, 0.4) is 0 Å². The second-order valence-corrected chi connectivity index (χ2v) is 14.4. The Kier molecular flexibility index (Phi) is 6.48. The van der Waals surface area contributed by atoms with Crippen molar-refractivity contribution in [3.8, 4) is 102 Å². The van der Waals surface area contributed by atoms with Gasteiger partial charge in [0.1, 0.15) is 0 Å². The first-order valence-electron chi connectivity index (χ1n) is 18.3. The third-order valence-electron chi connectivity index (χ3n) is 11.7. The molecular formula is C52H24N4. The maximum Gasteiger partial charge on any atom is 0.0998 e. The summed E-state index contributed by atoms with van der Waals surface area (Å²) >= 11 is 0. The summed E-state index contributed by atoms with van der Waals surface area (Å²) in [5.74, 6) is 0. The van der Waals surface area contributed by atoms with Crippen LogP contribution < -0.4 is 0 Å². The molecule has 252 valence electrons. The fourth-order valence-corrected chi connectivity index (χ4v) is 9.28. The van der Waals surface area contributed by atoms with E-state index in [1.54, 1.807) is 24.3 Å². The molecule has 9 aromatic rings. The molecule has 0 unspecified atom stereocenters. The van der Waals surface area contributed by atoms with Crippen molar-refractivity contribution in [1.82, 2.24) is 0 Å². The van der Waals surface area contributed by atoms with E-state index in [1.165, 1.54) is 16.5 Å². The Morgan fingerprint density at radius 3 is 1.32 bits per heavy atom. The molecule has 0 amide bonds. The highest BCUT2D eigenvalue weighted by Gasteiger charge is 2.35. The van der Waals surface area contributed by atoms with Crippen molar-refractivity contribution in [2.75, 3.05) is 0 Å². The zero-order valence-electron chi connectivity index (χ0n) is 29.6. The van der Waals surface area contributed by atoms with Crippen LogP contribution in [0.15, 0.2) is 146 Å². The quantitative estimate of drug-likeness (QED) is 0.171. The Bertz CT molecular complexity index is 3310. The molecule has 0 saturated heterocycles. The summed E-state index contributed by atoms with van der Waals surface area (Å²) in [6.07, 6.45) is 0. The summed E-state index contributed by atoms with van der Waals surface area (Å²) in [4.78, 5) is 0. The molecule has 0 spiro atoms. The van der Waals surface area contributed by atoms with E-state index >= 15 is 0 Å². The predicted octanol–water partition coefficient (Wildman–Crippen LogP) is 12.9. The van der Waals surface area contributed by atoms with Gasteiger partial charge in [0, 0.05) is 11.1 Å². The van der Waals surface area contributed by atoms with E-state index < -0.39 is 0 Å². The summed E-state index contributed by atoms with van der Waals surface area (Å²) in [7, 11) is 0. The molecule has 11 rings (SSSR count). The van der Waals surface area contributed by atoms with E-state index in [0.29, 0.717) is 33.4 Å². The molecule has 2 aliphatic carbocycles. The van der Waals surface area contributed by atoms with E-state index in [1.807, 2.05) is 30.3 Å². The van der Waals surface area contributed by atoms with Crippen LogP contribution >= 0.6 is 0 Å². The maximum atomic E-state index is 10.6. The lowest BCUT2D eigenvalue weighted by atomic mass is 9.79. The lowest BCUT2D eigenvalue weighted by Gasteiger charge is -2.22. The van der Waals surface area contributed by atoms with Crippen LogP contribution in [0.2, 0.25) is 0 Å². The number of nitriles is 4. The normalized spacial score (nSPS) is 11.5. The van der Waals surface area contributed by atoms with Gasteiger partial charge in [-0.1, -0.05) is 91.0 Å². The largest absolute Gasteiger partial charge is 0.192 e. The summed E-state index contributed by atoms with van der Waals surface area (Å²) in [5.41, 5.74) is 15.9. The van der Waals surface area contributed by atoms with Crippen LogP contribution in [0.25, 0.3) is 110 Å². The second kappa shape index (κ2) is 11.6. The Hall–Kier alpha value is -8.28. The Morgan fingerprint density at radius 2 is 0.786 bits per heavy atom. The van der Waals surface area contributed by atoms with Crippen molar-refractivity contribution < 1.29 is 0 Å². The number of benzene rings is 9. The first kappa shape index (κ1) is 31.3. The lowest BCUT2D eigenvalue weighted by molar-refractivity contribution is 1.45. The van der Waals surface area contributed by atoms with E-state index in [2.05, 4.69) is 115 Å². The second-order valence-electron chi connectivity index (χ2n) is 14.4. The molecule has 0 aromatic heterocycles. The SMILES string of the molecule is N#Cc1ccc(C#N)c(-c2c3c(c(-c4cc(C#N)ccc4C#N)c4cc5ccccc5cc24)-c2ccc4c5c(ccc-3c25)-c2ccc(-c3ccccc3)cc2-4)c1. The van der Waals surface area contributed by atoms with Crippen LogP contribution in [0.4, 0.5) is 0 Å². The predicted molar refractivity (Wildman–Crippen MR) is 223 cm³/mol. The van der Waals surface area contributed by atoms with Crippen LogP contribution in [-0.4, -0.2) is 0 Å². The molecule has 9 aromatic carbocycles. The summed E-state index contributed by atoms with van der Waals surface area (Å²) in [6.45, 7) is 0. The number of nitrogens with zero attached hydrogens (tertiary/aromatic N) is 4. The number of fused-ring (bicyclic) bond motifs is 8. The molecule has 0 heterocycles. The van der Waals surface area contributed by atoms with Gasteiger partial charge in [0.05, 0.1) is 46.5 Å². The van der Waals surface area contributed by atoms with Crippen molar-refractivity contribution in [3.05, 3.63) is 168 Å². The Morgan fingerprint density at radius 1 is 0.304 bits per heavy atom. The van der Waals surface area contributed by atoms with Gasteiger partial charge in [0.2, 0.25) is 0 Å². The summed E-state index contributed by atoms with van der Waals surface area (Å²) < 4.78 is 0. The van der Waals surface area contributed by atoms with Crippen LogP contribution in [-0.2, 0) is 0 Å². The summed E-state index contributed by atoms with van der Waals surface area (Å²) in [5, 5.41) is 47.6. The molecule has 0 atom stereocenters. The Labute approximate surface area is 322 Å². The lowest BCUT2D eigenvalue weighted by Crippen LogP contribution is -1.98. The zero-order valence-corrected chi connectivity index (χ0v) is 29.6. The van der Waals surface area contributed by atoms with E-state index in [9.17, 15) is 21.0 Å². The van der Waals surface area contributed by atoms with Gasteiger partial charge in [0.25, 0.3) is 0 Å². The highest BCUT2D eigenvalue weighted by molar-refractivity contribution is 6.33. The molecule has 4 nitrogen and oxygen atoms in total. The van der Waals surface area contributed by atoms with E-state index in [4.69, 9.17) is 0 Å². The number of rotatable bonds is 3. The van der Waals surface area contributed by atoms with Gasteiger partial charge in [-0.05, 0) is 154 Å². The van der Waals surface area contributed by atoms with Crippen molar-refractivity contribution in [2.24, 2.45) is 0 Å². The van der Waals surface area contributed by atoms with Gasteiger partial charge >= 0.3 is 0 Å². The molecule has 4 heteroatoms. The first-order valence-corrected chi connectivity index (χ1v) is 18.3. The van der Waals surface area contributed by atoms with Gasteiger partial charge in [-0.15, -0.1) is 0 Å². The standard InChI is InChI=1S/C52H24N4/c53-25-29-10-12-35(27-55)42(20-29)49-45-23-32-8-4-5-9-33(32)24-46(45)50(43-21-30(26-54)11-13-36(43)28-56)52-41-19-17-39-44-22-34(31-6-2-1-3-7-31)14-15-37(44)38-16-18-40(51(49)52)48(41)47(38)39/h1-24H. The molecule has 0 saturated carbocycles. The average molecular weight is 705 g/mol. The number of hydrogen-bond donors (Lipinski definition) is 0. The average Bonchev–Trinajstić information content (AvgIpc) is 3.76.